The van der Waals surface area contributed by atoms with E-state index in [4.69, 9.17) is 10.7 Å². The van der Waals surface area contributed by atoms with Crippen molar-refractivity contribution >= 4 is 41.2 Å². The number of halogens is 1. The van der Waals surface area contributed by atoms with E-state index in [1.165, 1.54) is 11.3 Å². The van der Waals surface area contributed by atoms with Gasteiger partial charge in [0.25, 0.3) is 9.05 Å². The van der Waals surface area contributed by atoms with Gasteiger partial charge in [0.05, 0.1) is 0 Å². The molecule has 2 aromatic rings. The summed E-state index contributed by atoms with van der Waals surface area (Å²) in [6.45, 7) is 1.95. The molecule has 0 aliphatic heterocycles. The number of hydrogen-bond donors (Lipinski definition) is 0. The van der Waals surface area contributed by atoms with Gasteiger partial charge in [0.2, 0.25) is 0 Å². The van der Waals surface area contributed by atoms with Crippen molar-refractivity contribution in [3.8, 4) is 0 Å². The lowest BCUT2D eigenvalue weighted by Gasteiger charge is -1.95. The highest BCUT2D eigenvalue weighted by molar-refractivity contribution is 8.14. The molecule has 1 aromatic carbocycles. The number of thiophene rings is 1. The highest BCUT2D eigenvalue weighted by atomic mass is 35.7. The smallest absolute Gasteiger partial charge is 0.207 e. The van der Waals surface area contributed by atoms with E-state index in [0.717, 1.165) is 10.3 Å². The maximum absolute atomic E-state index is 11.2. The van der Waals surface area contributed by atoms with Gasteiger partial charge in [-0.25, -0.2) is 8.42 Å². The van der Waals surface area contributed by atoms with Gasteiger partial charge in [-0.15, -0.1) is 11.3 Å². The first-order chi connectivity index (χ1) is 6.50. The summed E-state index contributed by atoms with van der Waals surface area (Å²) < 4.78 is 23.4. The first-order valence-corrected chi connectivity index (χ1v) is 7.10. The molecule has 0 unspecified atom stereocenters. The van der Waals surface area contributed by atoms with Crippen LogP contribution >= 0.6 is 22.0 Å². The van der Waals surface area contributed by atoms with Crippen LogP contribution < -0.4 is 0 Å². The van der Waals surface area contributed by atoms with Crippen LogP contribution in [0.1, 0.15) is 5.56 Å². The van der Waals surface area contributed by atoms with Crippen molar-refractivity contribution in [2.45, 2.75) is 11.8 Å². The van der Waals surface area contributed by atoms with Crippen LogP contribution in [0.2, 0.25) is 0 Å². The van der Waals surface area contributed by atoms with Crippen LogP contribution in [0.4, 0.5) is 0 Å². The molecular weight excluding hydrogens is 240 g/mol. The predicted molar refractivity (Wildman–Crippen MR) is 59.6 cm³/mol. The van der Waals surface area contributed by atoms with Gasteiger partial charge in [-0.1, -0.05) is 18.2 Å². The molecule has 0 N–H and O–H groups in total. The molecule has 14 heavy (non-hydrogen) atoms. The topological polar surface area (TPSA) is 34.1 Å². The lowest BCUT2D eigenvalue weighted by molar-refractivity contribution is 0.610. The fourth-order valence-electron chi connectivity index (χ4n) is 1.37. The van der Waals surface area contributed by atoms with Gasteiger partial charge in [0, 0.05) is 26.1 Å². The molecule has 0 atom stereocenters. The van der Waals surface area contributed by atoms with Crippen molar-refractivity contribution in [3.05, 3.63) is 29.1 Å². The maximum atomic E-state index is 11.2. The zero-order chi connectivity index (χ0) is 10.3. The lowest BCUT2D eigenvalue weighted by atomic mass is 10.2. The van der Waals surface area contributed by atoms with Gasteiger partial charge < -0.3 is 0 Å². The zero-order valence-electron chi connectivity index (χ0n) is 7.32. The van der Waals surface area contributed by atoms with Crippen molar-refractivity contribution < 1.29 is 8.42 Å². The first kappa shape index (κ1) is 9.96. The molecule has 74 valence electrons. The summed E-state index contributed by atoms with van der Waals surface area (Å²) in [5.74, 6) is 0. The fraction of sp³-hybridized carbons (Fsp3) is 0.111. The second-order valence-electron chi connectivity index (χ2n) is 2.99. The Bertz CT molecular complexity index is 584. The van der Waals surface area contributed by atoms with Gasteiger partial charge >= 0.3 is 0 Å². The largest absolute Gasteiger partial charge is 0.262 e. The van der Waals surface area contributed by atoms with E-state index in [-0.39, 0.29) is 4.90 Å². The van der Waals surface area contributed by atoms with E-state index in [2.05, 4.69) is 0 Å². The third kappa shape index (κ3) is 1.54. The molecule has 2 nitrogen and oxygen atoms in total. The molecule has 0 bridgehead atoms. The standard InChI is InChI=1S/C9H7ClO2S2/c1-6-3-2-4-7-8(14(10,11)12)5-13-9(6)7/h2-5H,1H3. The summed E-state index contributed by atoms with van der Waals surface area (Å²) in [5, 5.41) is 2.30. The molecule has 0 spiro atoms. The van der Waals surface area contributed by atoms with Crippen molar-refractivity contribution in [1.29, 1.82) is 0 Å². The minimum atomic E-state index is -3.62. The number of aryl methyl sites for hydroxylation is 1. The van der Waals surface area contributed by atoms with E-state index in [1.54, 1.807) is 11.4 Å². The molecule has 0 saturated carbocycles. The van der Waals surface area contributed by atoms with Gasteiger partial charge in [0.15, 0.2) is 0 Å². The Morgan fingerprint density at radius 3 is 2.71 bits per heavy atom. The van der Waals surface area contributed by atoms with E-state index in [0.29, 0.717) is 5.39 Å². The molecule has 1 heterocycles. The Balaban J connectivity index is 2.90. The number of fused-ring (bicyclic) bond motifs is 1. The normalized spacial score (nSPS) is 12.1. The Morgan fingerprint density at radius 2 is 2.07 bits per heavy atom. The van der Waals surface area contributed by atoms with E-state index < -0.39 is 9.05 Å². The van der Waals surface area contributed by atoms with Gasteiger partial charge in [0.1, 0.15) is 4.90 Å². The summed E-state index contributed by atoms with van der Waals surface area (Å²) in [7, 11) is 1.69. The number of benzene rings is 1. The predicted octanol–water partition coefficient (Wildman–Crippen LogP) is 3.14. The monoisotopic (exact) mass is 246 g/mol. The Kier molecular flexibility index (Phi) is 2.29. The van der Waals surface area contributed by atoms with Crippen LogP contribution in [0.3, 0.4) is 0 Å². The molecule has 5 heteroatoms. The molecule has 1 aromatic heterocycles. The summed E-state index contributed by atoms with van der Waals surface area (Å²) in [6.07, 6.45) is 0. The third-order valence-corrected chi connectivity index (χ3v) is 4.67. The van der Waals surface area contributed by atoms with Crippen LogP contribution in [0.15, 0.2) is 28.5 Å². The zero-order valence-corrected chi connectivity index (χ0v) is 9.71. The number of hydrogen-bond acceptors (Lipinski definition) is 3. The maximum Gasteiger partial charge on any atom is 0.262 e. The molecule has 0 amide bonds. The average Bonchev–Trinajstić information content (AvgIpc) is 2.47. The van der Waals surface area contributed by atoms with Crippen LogP contribution in [0, 0.1) is 6.92 Å². The van der Waals surface area contributed by atoms with Crippen molar-refractivity contribution in [2.75, 3.05) is 0 Å². The molecule has 0 fully saturated rings. The lowest BCUT2D eigenvalue weighted by Crippen LogP contribution is -1.87. The van der Waals surface area contributed by atoms with E-state index in [9.17, 15) is 8.42 Å². The Labute approximate surface area is 90.6 Å². The Morgan fingerprint density at radius 1 is 1.36 bits per heavy atom. The number of rotatable bonds is 1. The minimum Gasteiger partial charge on any atom is -0.207 e. The SMILES string of the molecule is Cc1cccc2c(S(=O)(=O)Cl)csc12. The summed E-state index contributed by atoms with van der Waals surface area (Å²) in [5.41, 5.74) is 1.07. The van der Waals surface area contributed by atoms with Crippen LogP contribution in [0.5, 0.6) is 0 Å². The van der Waals surface area contributed by atoms with Crippen LogP contribution in [-0.4, -0.2) is 8.42 Å². The highest BCUT2D eigenvalue weighted by Gasteiger charge is 2.16. The minimum absolute atomic E-state index is 0.211. The fourth-order valence-corrected chi connectivity index (χ4v) is 3.96. The molecule has 0 aliphatic carbocycles. The molecule has 0 aliphatic rings. The second-order valence-corrected chi connectivity index (χ2v) is 6.40. The molecular formula is C9H7ClO2S2. The first-order valence-electron chi connectivity index (χ1n) is 3.91. The van der Waals surface area contributed by atoms with Crippen LogP contribution in [0.25, 0.3) is 10.1 Å². The third-order valence-electron chi connectivity index (χ3n) is 2.02. The van der Waals surface area contributed by atoms with E-state index >= 15 is 0 Å². The molecule has 0 saturated heterocycles. The average molecular weight is 247 g/mol. The highest BCUT2D eigenvalue weighted by Crippen LogP contribution is 2.33. The van der Waals surface area contributed by atoms with Gasteiger partial charge in [-0.05, 0) is 12.5 Å². The second kappa shape index (κ2) is 3.22. The van der Waals surface area contributed by atoms with Crippen molar-refractivity contribution in [1.82, 2.24) is 0 Å². The molecule has 2 rings (SSSR count). The summed E-state index contributed by atoms with van der Waals surface area (Å²) in [4.78, 5) is 0.211. The van der Waals surface area contributed by atoms with Crippen molar-refractivity contribution in [2.24, 2.45) is 0 Å². The van der Waals surface area contributed by atoms with Gasteiger partial charge in [-0.3, -0.25) is 0 Å². The van der Waals surface area contributed by atoms with Crippen molar-refractivity contribution in [3.63, 3.8) is 0 Å². The quantitative estimate of drug-likeness (QED) is 0.725. The summed E-state index contributed by atoms with van der Waals surface area (Å²) >= 11 is 1.40. The Hall–Kier alpha value is -0.580. The van der Waals surface area contributed by atoms with Gasteiger partial charge in [-0.2, -0.15) is 0 Å². The molecule has 0 radical (unpaired) electrons. The summed E-state index contributed by atoms with van der Waals surface area (Å²) in [6, 6.07) is 5.55. The van der Waals surface area contributed by atoms with E-state index in [1.807, 2.05) is 19.1 Å². The van der Waals surface area contributed by atoms with Crippen LogP contribution in [-0.2, 0) is 9.05 Å².